The zero-order valence-corrected chi connectivity index (χ0v) is 12.4. The lowest BCUT2D eigenvalue weighted by Crippen LogP contribution is -2.18. The van der Waals surface area contributed by atoms with Gasteiger partial charge in [0.2, 0.25) is 0 Å². The second-order valence-corrected chi connectivity index (χ2v) is 5.07. The number of carboxylic acids is 1. The average Bonchev–Trinajstić information content (AvgIpc) is 2.70. The van der Waals surface area contributed by atoms with Crippen LogP contribution in [0.2, 0.25) is 0 Å². The molecular weight excluding hydrogens is 326 g/mol. The number of aromatic nitrogens is 2. The van der Waals surface area contributed by atoms with E-state index < -0.39 is 11.9 Å². The lowest BCUT2D eigenvalue weighted by Gasteiger charge is -2.10. The summed E-state index contributed by atoms with van der Waals surface area (Å²) in [5.41, 5.74) is 1.31. The SMILES string of the molecule is Cc1cc(C(=O)Nc2c(Br)cccc2C(=O)O)n(C)n1. The minimum Gasteiger partial charge on any atom is -0.478 e. The molecular formula is C13H12BrN3O3. The number of aryl methyl sites for hydroxylation is 2. The van der Waals surface area contributed by atoms with Crippen LogP contribution >= 0.6 is 15.9 Å². The molecule has 0 aliphatic heterocycles. The fraction of sp³-hybridized carbons (Fsp3) is 0.154. The van der Waals surface area contributed by atoms with E-state index in [1.54, 1.807) is 32.2 Å². The zero-order valence-electron chi connectivity index (χ0n) is 10.8. The van der Waals surface area contributed by atoms with Crippen molar-refractivity contribution in [3.63, 3.8) is 0 Å². The fourth-order valence-electron chi connectivity index (χ4n) is 1.83. The molecule has 0 fully saturated rings. The molecule has 2 aromatic rings. The fourth-order valence-corrected chi connectivity index (χ4v) is 2.30. The maximum absolute atomic E-state index is 12.2. The predicted octanol–water partition coefficient (Wildman–Crippen LogP) is 2.44. The summed E-state index contributed by atoms with van der Waals surface area (Å²) in [6.07, 6.45) is 0. The molecule has 1 aromatic carbocycles. The number of carbonyl (C=O) groups is 2. The Morgan fingerprint density at radius 2 is 2.10 bits per heavy atom. The maximum atomic E-state index is 12.2. The molecule has 2 N–H and O–H groups in total. The number of amides is 1. The molecule has 0 radical (unpaired) electrons. The van der Waals surface area contributed by atoms with E-state index in [9.17, 15) is 9.59 Å². The smallest absolute Gasteiger partial charge is 0.337 e. The highest BCUT2D eigenvalue weighted by atomic mass is 79.9. The van der Waals surface area contributed by atoms with Crippen molar-refractivity contribution in [1.82, 2.24) is 9.78 Å². The van der Waals surface area contributed by atoms with E-state index in [1.807, 2.05) is 0 Å². The van der Waals surface area contributed by atoms with Crippen molar-refractivity contribution < 1.29 is 14.7 Å². The van der Waals surface area contributed by atoms with Gasteiger partial charge >= 0.3 is 5.97 Å². The predicted molar refractivity (Wildman–Crippen MR) is 77.0 cm³/mol. The Morgan fingerprint density at radius 3 is 2.65 bits per heavy atom. The van der Waals surface area contributed by atoms with Crippen LogP contribution in [0.25, 0.3) is 0 Å². The standard InChI is InChI=1S/C13H12BrN3O3/c1-7-6-10(17(2)16-7)12(18)15-11-8(13(19)20)4-3-5-9(11)14/h3-6H,1-2H3,(H,15,18)(H,19,20). The molecule has 2 rings (SSSR count). The Labute approximate surface area is 123 Å². The lowest BCUT2D eigenvalue weighted by atomic mass is 10.1. The van der Waals surface area contributed by atoms with E-state index in [-0.39, 0.29) is 11.3 Å². The van der Waals surface area contributed by atoms with Crippen molar-refractivity contribution in [2.45, 2.75) is 6.92 Å². The van der Waals surface area contributed by atoms with Gasteiger partial charge in [0.15, 0.2) is 0 Å². The second-order valence-electron chi connectivity index (χ2n) is 4.22. The van der Waals surface area contributed by atoms with Crippen LogP contribution in [0.15, 0.2) is 28.7 Å². The summed E-state index contributed by atoms with van der Waals surface area (Å²) in [5.74, 6) is -1.52. The molecule has 0 atom stereocenters. The number of hydrogen-bond donors (Lipinski definition) is 2. The van der Waals surface area contributed by atoms with Crippen molar-refractivity contribution in [2.24, 2.45) is 7.05 Å². The summed E-state index contributed by atoms with van der Waals surface area (Å²) in [4.78, 5) is 23.4. The van der Waals surface area contributed by atoms with Gasteiger partial charge in [-0.3, -0.25) is 9.48 Å². The summed E-state index contributed by atoms with van der Waals surface area (Å²) >= 11 is 3.24. The summed E-state index contributed by atoms with van der Waals surface area (Å²) < 4.78 is 1.95. The van der Waals surface area contributed by atoms with Crippen LogP contribution in [0.4, 0.5) is 5.69 Å². The van der Waals surface area contributed by atoms with Gasteiger partial charge < -0.3 is 10.4 Å². The number of carboxylic acid groups (broad SMARTS) is 1. The minimum absolute atomic E-state index is 0.0200. The summed E-state index contributed by atoms with van der Waals surface area (Å²) in [5, 5.41) is 15.8. The van der Waals surface area contributed by atoms with Gasteiger partial charge in [-0.1, -0.05) is 6.07 Å². The monoisotopic (exact) mass is 337 g/mol. The molecule has 6 nitrogen and oxygen atoms in total. The van der Waals surface area contributed by atoms with Crippen molar-refractivity contribution in [3.05, 3.63) is 45.7 Å². The number of nitrogens with one attached hydrogen (secondary N) is 1. The third-order valence-electron chi connectivity index (χ3n) is 2.72. The van der Waals surface area contributed by atoms with Gasteiger partial charge in [0.05, 0.1) is 16.9 Å². The van der Waals surface area contributed by atoms with E-state index in [4.69, 9.17) is 5.11 Å². The molecule has 0 aliphatic carbocycles. The molecule has 0 aliphatic rings. The molecule has 20 heavy (non-hydrogen) atoms. The highest BCUT2D eigenvalue weighted by Crippen LogP contribution is 2.27. The number of anilines is 1. The molecule has 7 heteroatoms. The van der Waals surface area contributed by atoms with Gasteiger partial charge in [-0.15, -0.1) is 0 Å². The van der Waals surface area contributed by atoms with Gasteiger partial charge in [-0.05, 0) is 41.1 Å². The van der Waals surface area contributed by atoms with Crippen molar-refractivity contribution in [3.8, 4) is 0 Å². The molecule has 0 spiro atoms. The van der Waals surface area contributed by atoms with E-state index in [1.165, 1.54) is 10.7 Å². The molecule has 104 valence electrons. The Kier molecular flexibility index (Phi) is 3.89. The Hall–Kier alpha value is -2.15. The van der Waals surface area contributed by atoms with Gasteiger partial charge in [-0.2, -0.15) is 5.10 Å². The highest BCUT2D eigenvalue weighted by molar-refractivity contribution is 9.10. The van der Waals surface area contributed by atoms with Crippen LogP contribution in [-0.2, 0) is 7.05 Å². The number of hydrogen-bond acceptors (Lipinski definition) is 3. The van der Waals surface area contributed by atoms with Crippen LogP contribution in [0, 0.1) is 6.92 Å². The van der Waals surface area contributed by atoms with Crippen LogP contribution < -0.4 is 5.32 Å². The summed E-state index contributed by atoms with van der Waals surface area (Å²) in [6, 6.07) is 6.32. The number of carbonyl (C=O) groups excluding carboxylic acids is 1. The molecule has 1 amide bonds. The Morgan fingerprint density at radius 1 is 1.40 bits per heavy atom. The van der Waals surface area contributed by atoms with Gasteiger partial charge in [0.25, 0.3) is 5.91 Å². The number of para-hydroxylation sites is 1. The number of rotatable bonds is 3. The minimum atomic E-state index is -1.11. The first-order valence-electron chi connectivity index (χ1n) is 5.74. The third kappa shape index (κ3) is 2.72. The van der Waals surface area contributed by atoms with Gasteiger partial charge in [0, 0.05) is 11.5 Å². The summed E-state index contributed by atoms with van der Waals surface area (Å²) in [7, 11) is 1.65. The van der Waals surface area contributed by atoms with Gasteiger partial charge in [-0.25, -0.2) is 4.79 Å². The Bertz CT molecular complexity index is 694. The second kappa shape index (κ2) is 5.46. The number of aromatic carboxylic acids is 1. The maximum Gasteiger partial charge on any atom is 0.337 e. The number of halogens is 1. The molecule has 1 heterocycles. The van der Waals surface area contributed by atoms with Gasteiger partial charge in [0.1, 0.15) is 5.69 Å². The van der Waals surface area contributed by atoms with Crippen LogP contribution in [0.3, 0.4) is 0 Å². The van der Waals surface area contributed by atoms with Crippen LogP contribution in [0.5, 0.6) is 0 Å². The quantitative estimate of drug-likeness (QED) is 0.900. The van der Waals surface area contributed by atoms with E-state index in [0.717, 1.165) is 0 Å². The lowest BCUT2D eigenvalue weighted by molar-refractivity contribution is 0.0698. The Balaban J connectivity index is 2.37. The number of nitrogens with zero attached hydrogens (tertiary/aromatic N) is 2. The molecule has 1 aromatic heterocycles. The normalized spacial score (nSPS) is 10.3. The summed E-state index contributed by atoms with van der Waals surface area (Å²) in [6.45, 7) is 1.78. The molecule has 0 saturated carbocycles. The van der Waals surface area contributed by atoms with E-state index in [2.05, 4.69) is 26.3 Å². The van der Waals surface area contributed by atoms with E-state index >= 15 is 0 Å². The first-order chi connectivity index (χ1) is 9.40. The van der Waals surface area contributed by atoms with E-state index in [0.29, 0.717) is 15.9 Å². The van der Waals surface area contributed by atoms with Crippen LogP contribution in [-0.4, -0.2) is 26.8 Å². The largest absolute Gasteiger partial charge is 0.478 e. The molecule has 0 saturated heterocycles. The first kappa shape index (κ1) is 14.3. The van der Waals surface area contributed by atoms with Crippen molar-refractivity contribution in [2.75, 3.05) is 5.32 Å². The first-order valence-corrected chi connectivity index (χ1v) is 6.53. The third-order valence-corrected chi connectivity index (χ3v) is 3.38. The van der Waals surface area contributed by atoms with Crippen molar-refractivity contribution >= 4 is 33.5 Å². The topological polar surface area (TPSA) is 84.2 Å². The zero-order chi connectivity index (χ0) is 14.9. The molecule has 0 unspecified atom stereocenters. The number of benzene rings is 1. The average molecular weight is 338 g/mol. The van der Waals surface area contributed by atoms with Crippen LogP contribution in [0.1, 0.15) is 26.5 Å². The van der Waals surface area contributed by atoms with Crippen molar-refractivity contribution in [1.29, 1.82) is 0 Å². The molecule has 0 bridgehead atoms. The highest BCUT2D eigenvalue weighted by Gasteiger charge is 2.18.